The zero-order valence-electron chi connectivity index (χ0n) is 13.5. The van der Waals surface area contributed by atoms with Crippen molar-refractivity contribution in [1.82, 2.24) is 14.5 Å². The highest BCUT2D eigenvalue weighted by Crippen LogP contribution is 2.09. The molecule has 0 saturated heterocycles. The second-order valence-electron chi connectivity index (χ2n) is 6.00. The van der Waals surface area contributed by atoms with Gasteiger partial charge in [0.1, 0.15) is 6.54 Å². The number of aryl methyl sites for hydroxylation is 1. The molecule has 23 heavy (non-hydrogen) atoms. The van der Waals surface area contributed by atoms with Crippen LogP contribution in [0.1, 0.15) is 25.0 Å². The third-order valence-electron chi connectivity index (χ3n) is 3.39. The van der Waals surface area contributed by atoms with E-state index in [1.54, 1.807) is 30.4 Å². The van der Waals surface area contributed by atoms with E-state index in [4.69, 9.17) is 4.42 Å². The molecule has 0 bridgehead atoms. The van der Waals surface area contributed by atoms with Crippen LogP contribution in [0.15, 0.2) is 38.8 Å². The fourth-order valence-electron chi connectivity index (χ4n) is 2.28. The lowest BCUT2D eigenvalue weighted by atomic mass is 10.2. The number of hydrogen-bond acceptors (Lipinski definition) is 4. The molecule has 0 aromatic carbocycles. The number of nitrogens with one attached hydrogen (secondary N) is 1. The fraction of sp³-hybridized carbons (Fsp3) is 0.438. The number of aromatic nitrogens is 2. The smallest absolute Gasteiger partial charge is 0.328 e. The number of amides is 1. The molecular formula is C16H21N3O4. The third-order valence-corrected chi connectivity index (χ3v) is 3.39. The van der Waals surface area contributed by atoms with Gasteiger partial charge in [-0.1, -0.05) is 13.8 Å². The first-order chi connectivity index (χ1) is 10.9. The van der Waals surface area contributed by atoms with Gasteiger partial charge in [0.25, 0.3) is 5.56 Å². The molecule has 2 aromatic heterocycles. The lowest BCUT2D eigenvalue weighted by Crippen LogP contribution is -2.40. The number of furan rings is 1. The molecule has 0 aliphatic rings. The number of H-pyrrole nitrogens is 1. The van der Waals surface area contributed by atoms with Crippen molar-refractivity contribution in [2.45, 2.75) is 33.9 Å². The summed E-state index contributed by atoms with van der Waals surface area (Å²) in [6.45, 7) is 6.52. The second-order valence-corrected chi connectivity index (χ2v) is 6.00. The summed E-state index contributed by atoms with van der Waals surface area (Å²) in [6.07, 6.45) is 4.56. The summed E-state index contributed by atoms with van der Waals surface area (Å²) in [7, 11) is 0. The molecule has 2 aromatic rings. The first kappa shape index (κ1) is 16.8. The predicted molar refractivity (Wildman–Crippen MR) is 85.0 cm³/mol. The summed E-state index contributed by atoms with van der Waals surface area (Å²) in [5.74, 6) is 0.105. The van der Waals surface area contributed by atoms with Crippen LogP contribution >= 0.6 is 0 Å². The molecule has 0 fully saturated rings. The van der Waals surface area contributed by atoms with Crippen molar-refractivity contribution in [1.29, 1.82) is 0 Å². The van der Waals surface area contributed by atoms with E-state index in [9.17, 15) is 14.4 Å². The van der Waals surface area contributed by atoms with Crippen LogP contribution < -0.4 is 11.2 Å². The standard InChI is InChI=1S/C16H21N3O4/c1-11(2)6-18(8-13-4-5-23-10-13)14(20)9-19-7-12(3)15(21)17-16(19)22/h4-5,7,10-11H,6,8-9H2,1-3H3,(H,17,21,22). The molecule has 0 aliphatic heterocycles. The zero-order chi connectivity index (χ0) is 17.0. The van der Waals surface area contributed by atoms with Crippen LogP contribution in [0.25, 0.3) is 0 Å². The number of carbonyl (C=O) groups is 1. The van der Waals surface area contributed by atoms with E-state index in [-0.39, 0.29) is 12.5 Å². The van der Waals surface area contributed by atoms with Gasteiger partial charge in [-0.2, -0.15) is 0 Å². The minimum absolute atomic E-state index is 0.110. The molecule has 124 valence electrons. The van der Waals surface area contributed by atoms with Crippen molar-refractivity contribution >= 4 is 5.91 Å². The van der Waals surface area contributed by atoms with E-state index in [0.717, 1.165) is 5.56 Å². The van der Waals surface area contributed by atoms with Gasteiger partial charge in [0, 0.05) is 30.4 Å². The number of nitrogens with zero attached hydrogens (tertiary/aromatic N) is 2. The molecule has 0 saturated carbocycles. The predicted octanol–water partition coefficient (Wildman–Crippen LogP) is 1.12. The van der Waals surface area contributed by atoms with Crippen molar-refractivity contribution in [3.63, 3.8) is 0 Å². The fourth-order valence-corrected chi connectivity index (χ4v) is 2.28. The van der Waals surface area contributed by atoms with Crippen molar-refractivity contribution in [3.8, 4) is 0 Å². The van der Waals surface area contributed by atoms with E-state index in [1.807, 2.05) is 13.8 Å². The first-order valence-electron chi connectivity index (χ1n) is 7.46. The second kappa shape index (κ2) is 7.13. The molecule has 1 N–H and O–H groups in total. The Morgan fingerprint density at radius 3 is 2.74 bits per heavy atom. The normalized spacial score (nSPS) is 11.0. The maximum absolute atomic E-state index is 12.6. The van der Waals surface area contributed by atoms with E-state index < -0.39 is 11.2 Å². The average molecular weight is 319 g/mol. The highest BCUT2D eigenvalue weighted by atomic mass is 16.3. The molecule has 0 aliphatic carbocycles. The van der Waals surface area contributed by atoms with Crippen LogP contribution in [0.3, 0.4) is 0 Å². The SMILES string of the molecule is Cc1cn(CC(=O)N(Cc2ccoc2)CC(C)C)c(=O)[nH]c1=O. The largest absolute Gasteiger partial charge is 0.472 e. The summed E-state index contributed by atoms with van der Waals surface area (Å²) in [6, 6.07) is 1.80. The minimum atomic E-state index is -0.582. The maximum Gasteiger partial charge on any atom is 0.328 e. The molecule has 0 unspecified atom stereocenters. The van der Waals surface area contributed by atoms with Gasteiger partial charge in [-0.05, 0) is 18.9 Å². The van der Waals surface area contributed by atoms with Gasteiger partial charge >= 0.3 is 5.69 Å². The van der Waals surface area contributed by atoms with Crippen LogP contribution in [0.2, 0.25) is 0 Å². The van der Waals surface area contributed by atoms with Crippen molar-refractivity contribution in [2.75, 3.05) is 6.54 Å². The Hall–Kier alpha value is -2.57. The zero-order valence-corrected chi connectivity index (χ0v) is 13.5. The number of aromatic amines is 1. The molecule has 7 heteroatoms. The van der Waals surface area contributed by atoms with Crippen LogP contribution in [0.4, 0.5) is 0 Å². The van der Waals surface area contributed by atoms with Gasteiger partial charge in [-0.25, -0.2) is 4.79 Å². The number of hydrogen-bond donors (Lipinski definition) is 1. The number of carbonyl (C=O) groups excluding carboxylic acids is 1. The molecule has 0 radical (unpaired) electrons. The number of rotatable bonds is 6. The van der Waals surface area contributed by atoms with Gasteiger partial charge < -0.3 is 9.32 Å². The topological polar surface area (TPSA) is 88.3 Å². The molecule has 1 amide bonds. The van der Waals surface area contributed by atoms with Crippen LogP contribution in [0.5, 0.6) is 0 Å². The molecule has 7 nitrogen and oxygen atoms in total. The van der Waals surface area contributed by atoms with E-state index in [2.05, 4.69) is 4.98 Å². The average Bonchev–Trinajstić information content (AvgIpc) is 2.96. The van der Waals surface area contributed by atoms with Crippen LogP contribution in [-0.2, 0) is 17.9 Å². The first-order valence-corrected chi connectivity index (χ1v) is 7.46. The van der Waals surface area contributed by atoms with E-state index >= 15 is 0 Å². The quantitative estimate of drug-likeness (QED) is 0.864. The summed E-state index contributed by atoms with van der Waals surface area (Å²) >= 11 is 0. The van der Waals surface area contributed by atoms with Gasteiger partial charge in [-0.3, -0.25) is 19.1 Å². The Morgan fingerprint density at radius 1 is 1.39 bits per heavy atom. The van der Waals surface area contributed by atoms with E-state index in [1.165, 1.54) is 10.8 Å². The summed E-state index contributed by atoms with van der Waals surface area (Å²) in [5, 5.41) is 0. The lowest BCUT2D eigenvalue weighted by Gasteiger charge is -2.24. The Labute approximate surface area is 133 Å². The van der Waals surface area contributed by atoms with Crippen molar-refractivity contribution in [3.05, 3.63) is 56.8 Å². The minimum Gasteiger partial charge on any atom is -0.472 e. The Morgan fingerprint density at radius 2 is 2.13 bits per heavy atom. The Bertz CT molecular complexity index is 771. The molecule has 0 atom stereocenters. The summed E-state index contributed by atoms with van der Waals surface area (Å²) in [4.78, 5) is 39.7. The summed E-state index contributed by atoms with van der Waals surface area (Å²) < 4.78 is 6.26. The lowest BCUT2D eigenvalue weighted by molar-refractivity contribution is -0.133. The van der Waals surface area contributed by atoms with Gasteiger partial charge in [-0.15, -0.1) is 0 Å². The van der Waals surface area contributed by atoms with Gasteiger partial charge in [0.15, 0.2) is 0 Å². The molecule has 2 rings (SSSR count). The molecule has 0 spiro atoms. The Kier molecular flexibility index (Phi) is 5.20. The Balaban J connectivity index is 2.18. The summed E-state index contributed by atoms with van der Waals surface area (Å²) in [5.41, 5.74) is 0.268. The van der Waals surface area contributed by atoms with Crippen molar-refractivity contribution < 1.29 is 9.21 Å². The van der Waals surface area contributed by atoms with Gasteiger partial charge in [0.2, 0.25) is 5.91 Å². The highest BCUT2D eigenvalue weighted by molar-refractivity contribution is 5.76. The third kappa shape index (κ3) is 4.45. The van der Waals surface area contributed by atoms with E-state index in [0.29, 0.717) is 24.6 Å². The molecule has 2 heterocycles. The molecular weight excluding hydrogens is 298 g/mol. The highest BCUT2D eigenvalue weighted by Gasteiger charge is 2.17. The van der Waals surface area contributed by atoms with Crippen LogP contribution in [0, 0.1) is 12.8 Å². The monoisotopic (exact) mass is 319 g/mol. The van der Waals surface area contributed by atoms with Crippen molar-refractivity contribution in [2.24, 2.45) is 5.92 Å². The van der Waals surface area contributed by atoms with Gasteiger partial charge in [0.05, 0.1) is 12.5 Å². The van der Waals surface area contributed by atoms with Crippen LogP contribution in [-0.4, -0.2) is 26.9 Å². The maximum atomic E-state index is 12.6.